The highest BCUT2D eigenvalue weighted by atomic mass is 16.3. The summed E-state index contributed by atoms with van der Waals surface area (Å²) in [6.07, 6.45) is 2.51. The van der Waals surface area contributed by atoms with Crippen LogP contribution >= 0.6 is 0 Å². The fourth-order valence-corrected chi connectivity index (χ4v) is 0.558. The molecule has 2 heteroatoms. The smallest absolute Gasteiger partial charge is 0.0538 e. The summed E-state index contributed by atoms with van der Waals surface area (Å²) < 4.78 is 0. The first-order valence-corrected chi connectivity index (χ1v) is 3.19. The topological polar surface area (TPSA) is 46.2 Å². The molecule has 50 valence electrons. The van der Waals surface area contributed by atoms with Crippen molar-refractivity contribution in [3.05, 3.63) is 0 Å². The van der Waals surface area contributed by atoms with Gasteiger partial charge in [-0.05, 0) is 25.8 Å². The van der Waals surface area contributed by atoms with E-state index in [4.69, 9.17) is 10.8 Å². The average Bonchev–Trinajstić information content (AvgIpc) is 1.83. The Morgan fingerprint density at radius 2 is 2.25 bits per heavy atom. The standard InChI is InChI=1S/C6H15NO/c1-2-6(8)4-3-5-7/h6,8H,2-5,7H2,1H3/t6-/m1/s1. The van der Waals surface area contributed by atoms with Crippen LogP contribution in [0.15, 0.2) is 0 Å². The SMILES string of the molecule is CC[C@@H](O)CCCN. The van der Waals surface area contributed by atoms with Crippen LogP contribution in [-0.2, 0) is 0 Å². The summed E-state index contributed by atoms with van der Waals surface area (Å²) >= 11 is 0. The van der Waals surface area contributed by atoms with Crippen LogP contribution in [0.5, 0.6) is 0 Å². The number of rotatable bonds is 4. The molecule has 0 amide bonds. The van der Waals surface area contributed by atoms with E-state index in [2.05, 4.69) is 0 Å². The van der Waals surface area contributed by atoms with E-state index in [1.54, 1.807) is 0 Å². The van der Waals surface area contributed by atoms with Crippen LogP contribution in [0, 0.1) is 0 Å². The first-order valence-electron chi connectivity index (χ1n) is 3.19. The van der Waals surface area contributed by atoms with Crippen molar-refractivity contribution >= 4 is 0 Å². The predicted molar refractivity (Wildman–Crippen MR) is 34.6 cm³/mol. The molecule has 0 unspecified atom stereocenters. The Labute approximate surface area is 50.7 Å². The molecule has 0 rings (SSSR count). The maximum Gasteiger partial charge on any atom is 0.0538 e. The summed E-state index contributed by atoms with van der Waals surface area (Å²) in [6, 6.07) is 0. The molecule has 0 aliphatic carbocycles. The molecule has 8 heavy (non-hydrogen) atoms. The molecule has 0 saturated carbocycles. The van der Waals surface area contributed by atoms with Crippen LogP contribution < -0.4 is 5.73 Å². The molecular formula is C6H15NO. The van der Waals surface area contributed by atoms with Gasteiger partial charge in [0.15, 0.2) is 0 Å². The molecule has 0 aromatic carbocycles. The second-order valence-corrected chi connectivity index (χ2v) is 1.99. The molecule has 0 spiro atoms. The van der Waals surface area contributed by atoms with E-state index in [0.717, 1.165) is 19.3 Å². The fraction of sp³-hybridized carbons (Fsp3) is 1.00. The Balaban J connectivity index is 2.86. The van der Waals surface area contributed by atoms with Crippen LogP contribution in [-0.4, -0.2) is 17.8 Å². The van der Waals surface area contributed by atoms with Gasteiger partial charge in [-0.2, -0.15) is 0 Å². The quantitative estimate of drug-likeness (QED) is 0.563. The zero-order valence-corrected chi connectivity index (χ0v) is 5.43. The maximum absolute atomic E-state index is 8.93. The highest BCUT2D eigenvalue weighted by Gasteiger charge is 1.96. The molecule has 0 radical (unpaired) electrons. The van der Waals surface area contributed by atoms with Crippen molar-refractivity contribution in [1.82, 2.24) is 0 Å². The monoisotopic (exact) mass is 117 g/mol. The van der Waals surface area contributed by atoms with Crippen molar-refractivity contribution in [3.63, 3.8) is 0 Å². The Bertz CT molecular complexity index is 47.8. The summed E-state index contributed by atoms with van der Waals surface area (Å²) in [4.78, 5) is 0. The lowest BCUT2D eigenvalue weighted by molar-refractivity contribution is 0.158. The molecule has 3 N–H and O–H groups in total. The summed E-state index contributed by atoms with van der Waals surface area (Å²) in [6.45, 7) is 2.66. The van der Waals surface area contributed by atoms with Gasteiger partial charge in [0.05, 0.1) is 6.10 Å². The van der Waals surface area contributed by atoms with Gasteiger partial charge in [0.25, 0.3) is 0 Å². The summed E-state index contributed by atoms with van der Waals surface area (Å²) in [5, 5.41) is 8.93. The van der Waals surface area contributed by atoms with Crippen molar-refractivity contribution in [1.29, 1.82) is 0 Å². The second kappa shape index (κ2) is 5.06. The fourth-order valence-electron chi connectivity index (χ4n) is 0.558. The van der Waals surface area contributed by atoms with Crippen LogP contribution in [0.2, 0.25) is 0 Å². The molecule has 0 heterocycles. The average molecular weight is 117 g/mol. The normalized spacial score (nSPS) is 13.9. The van der Waals surface area contributed by atoms with Gasteiger partial charge in [-0.1, -0.05) is 6.92 Å². The summed E-state index contributed by atoms with van der Waals surface area (Å²) in [5.74, 6) is 0. The number of aliphatic hydroxyl groups is 1. The molecule has 0 aliphatic rings. The molecule has 0 aromatic heterocycles. The maximum atomic E-state index is 8.93. The van der Waals surface area contributed by atoms with E-state index in [0.29, 0.717) is 6.54 Å². The predicted octanol–water partition coefficient (Wildman–Crippen LogP) is 0.496. The minimum Gasteiger partial charge on any atom is -0.393 e. The van der Waals surface area contributed by atoms with Gasteiger partial charge >= 0.3 is 0 Å². The third-order valence-corrected chi connectivity index (χ3v) is 1.21. The zero-order chi connectivity index (χ0) is 6.41. The van der Waals surface area contributed by atoms with E-state index in [1.165, 1.54) is 0 Å². The Morgan fingerprint density at radius 3 is 2.62 bits per heavy atom. The molecule has 0 fully saturated rings. The molecule has 1 atom stereocenters. The lowest BCUT2D eigenvalue weighted by Gasteiger charge is -2.03. The zero-order valence-electron chi connectivity index (χ0n) is 5.43. The number of hydrogen-bond acceptors (Lipinski definition) is 2. The molecule has 0 aromatic rings. The molecule has 0 aliphatic heterocycles. The Morgan fingerprint density at radius 1 is 1.62 bits per heavy atom. The highest BCUT2D eigenvalue weighted by Crippen LogP contribution is 1.98. The molecule has 2 nitrogen and oxygen atoms in total. The van der Waals surface area contributed by atoms with E-state index in [9.17, 15) is 0 Å². The van der Waals surface area contributed by atoms with Crippen LogP contribution in [0.25, 0.3) is 0 Å². The third kappa shape index (κ3) is 4.09. The first kappa shape index (κ1) is 7.92. The highest BCUT2D eigenvalue weighted by molar-refractivity contribution is 4.51. The third-order valence-electron chi connectivity index (χ3n) is 1.21. The van der Waals surface area contributed by atoms with Crippen LogP contribution in [0.4, 0.5) is 0 Å². The number of aliphatic hydroxyl groups excluding tert-OH is 1. The van der Waals surface area contributed by atoms with Crippen molar-refractivity contribution < 1.29 is 5.11 Å². The lowest BCUT2D eigenvalue weighted by Crippen LogP contribution is -2.07. The minimum absolute atomic E-state index is 0.126. The van der Waals surface area contributed by atoms with E-state index >= 15 is 0 Å². The van der Waals surface area contributed by atoms with Crippen LogP contribution in [0.3, 0.4) is 0 Å². The van der Waals surface area contributed by atoms with E-state index in [-0.39, 0.29) is 6.10 Å². The van der Waals surface area contributed by atoms with Gasteiger partial charge in [0.1, 0.15) is 0 Å². The van der Waals surface area contributed by atoms with Crippen molar-refractivity contribution in [3.8, 4) is 0 Å². The van der Waals surface area contributed by atoms with Gasteiger partial charge in [0.2, 0.25) is 0 Å². The number of nitrogens with two attached hydrogens (primary N) is 1. The Hall–Kier alpha value is -0.0800. The van der Waals surface area contributed by atoms with Crippen molar-refractivity contribution in [2.75, 3.05) is 6.54 Å². The largest absolute Gasteiger partial charge is 0.393 e. The van der Waals surface area contributed by atoms with Crippen molar-refractivity contribution in [2.24, 2.45) is 5.73 Å². The number of hydrogen-bond donors (Lipinski definition) is 2. The molecule has 0 bridgehead atoms. The van der Waals surface area contributed by atoms with Gasteiger partial charge in [-0.25, -0.2) is 0 Å². The van der Waals surface area contributed by atoms with Crippen LogP contribution in [0.1, 0.15) is 26.2 Å². The van der Waals surface area contributed by atoms with Gasteiger partial charge in [0, 0.05) is 0 Å². The lowest BCUT2D eigenvalue weighted by atomic mass is 10.1. The van der Waals surface area contributed by atoms with Gasteiger partial charge in [-0.3, -0.25) is 0 Å². The summed E-state index contributed by atoms with van der Waals surface area (Å²) in [7, 11) is 0. The Kier molecular flexibility index (Phi) is 5.01. The van der Waals surface area contributed by atoms with E-state index in [1.807, 2.05) is 6.92 Å². The van der Waals surface area contributed by atoms with E-state index < -0.39 is 0 Å². The molecular weight excluding hydrogens is 102 g/mol. The molecule has 0 saturated heterocycles. The van der Waals surface area contributed by atoms with Gasteiger partial charge < -0.3 is 10.8 Å². The summed E-state index contributed by atoms with van der Waals surface area (Å²) in [5.41, 5.74) is 5.22. The first-order chi connectivity index (χ1) is 3.81. The minimum atomic E-state index is -0.126. The van der Waals surface area contributed by atoms with Crippen molar-refractivity contribution in [2.45, 2.75) is 32.3 Å². The second-order valence-electron chi connectivity index (χ2n) is 1.99. The van der Waals surface area contributed by atoms with Gasteiger partial charge in [-0.15, -0.1) is 0 Å².